The number of nitrogens with one attached hydrogen (secondary N) is 1. The van der Waals surface area contributed by atoms with E-state index in [9.17, 15) is 14.7 Å². The maximum atomic E-state index is 11.9. The number of anilines is 1. The predicted octanol–water partition coefficient (Wildman–Crippen LogP) is 0.133. The van der Waals surface area contributed by atoms with Crippen molar-refractivity contribution in [3.63, 3.8) is 0 Å². The molecule has 0 saturated heterocycles. The number of hydrogen-bond donors (Lipinski definition) is 2. The lowest BCUT2D eigenvalue weighted by molar-refractivity contribution is 0.102. The maximum Gasteiger partial charge on any atom is 0.266 e. The van der Waals surface area contributed by atoms with E-state index in [1.165, 1.54) is 42.5 Å². The molecule has 0 spiro atoms. The SMILES string of the molecule is Cn1ccc(O)c(C(=O)Nc2cnccn2)c1=O. The van der Waals surface area contributed by atoms with Gasteiger partial charge >= 0.3 is 0 Å². The van der Waals surface area contributed by atoms with Crippen molar-refractivity contribution in [1.82, 2.24) is 14.5 Å². The van der Waals surface area contributed by atoms with Crippen LogP contribution >= 0.6 is 0 Å². The normalized spacial score (nSPS) is 10.1. The number of hydrogen-bond acceptors (Lipinski definition) is 5. The molecule has 2 aromatic rings. The van der Waals surface area contributed by atoms with Gasteiger partial charge in [0.05, 0.1) is 6.20 Å². The molecule has 1 amide bonds. The quantitative estimate of drug-likeness (QED) is 0.785. The average molecular weight is 246 g/mol. The van der Waals surface area contributed by atoms with E-state index in [0.717, 1.165) is 0 Å². The van der Waals surface area contributed by atoms with Gasteiger partial charge in [0.1, 0.15) is 11.3 Å². The zero-order valence-electron chi connectivity index (χ0n) is 9.49. The lowest BCUT2D eigenvalue weighted by atomic mass is 10.2. The standard InChI is InChI=1S/C11H10N4O3/c1-15-5-2-7(16)9(11(15)18)10(17)14-8-6-12-3-4-13-8/h2-6,16H,1H3,(H,13,14,17). The Morgan fingerprint density at radius 3 is 2.89 bits per heavy atom. The molecule has 2 heterocycles. The van der Waals surface area contributed by atoms with E-state index in [2.05, 4.69) is 15.3 Å². The van der Waals surface area contributed by atoms with Crippen molar-refractivity contribution in [2.75, 3.05) is 5.32 Å². The third-order valence-electron chi connectivity index (χ3n) is 2.28. The number of carbonyl (C=O) groups excluding carboxylic acids is 1. The van der Waals surface area contributed by atoms with Gasteiger partial charge in [0.2, 0.25) is 0 Å². The summed E-state index contributed by atoms with van der Waals surface area (Å²) >= 11 is 0. The number of aryl methyl sites for hydroxylation is 1. The second-order valence-electron chi connectivity index (χ2n) is 3.54. The lowest BCUT2D eigenvalue weighted by Crippen LogP contribution is -2.27. The van der Waals surface area contributed by atoms with Crippen LogP contribution in [0.15, 0.2) is 35.6 Å². The summed E-state index contributed by atoms with van der Waals surface area (Å²) in [7, 11) is 1.49. The predicted molar refractivity (Wildman–Crippen MR) is 63.3 cm³/mol. The highest BCUT2D eigenvalue weighted by Crippen LogP contribution is 2.12. The van der Waals surface area contributed by atoms with Gasteiger partial charge in [-0.05, 0) is 6.07 Å². The summed E-state index contributed by atoms with van der Waals surface area (Å²) in [5.74, 6) is -0.901. The topological polar surface area (TPSA) is 97.1 Å². The Morgan fingerprint density at radius 1 is 1.44 bits per heavy atom. The number of aromatic hydroxyl groups is 1. The molecule has 2 N–H and O–H groups in total. The highest BCUT2D eigenvalue weighted by Gasteiger charge is 2.17. The highest BCUT2D eigenvalue weighted by molar-refractivity contribution is 6.05. The smallest absolute Gasteiger partial charge is 0.266 e. The first-order chi connectivity index (χ1) is 8.59. The third kappa shape index (κ3) is 2.19. The van der Waals surface area contributed by atoms with E-state index in [4.69, 9.17) is 0 Å². The molecular formula is C11H10N4O3. The molecule has 0 atom stereocenters. The summed E-state index contributed by atoms with van der Waals surface area (Å²) in [4.78, 5) is 31.2. The number of aromatic nitrogens is 3. The Labute approximate surface area is 102 Å². The number of carbonyl (C=O) groups is 1. The van der Waals surface area contributed by atoms with E-state index in [1.54, 1.807) is 0 Å². The van der Waals surface area contributed by atoms with Crippen molar-refractivity contribution in [3.05, 3.63) is 46.8 Å². The minimum absolute atomic E-state index is 0.202. The van der Waals surface area contributed by atoms with Gasteiger partial charge < -0.3 is 15.0 Å². The van der Waals surface area contributed by atoms with Crippen LogP contribution < -0.4 is 10.9 Å². The summed E-state index contributed by atoms with van der Waals surface area (Å²) in [6.45, 7) is 0. The molecule has 7 nitrogen and oxygen atoms in total. The van der Waals surface area contributed by atoms with E-state index in [1.807, 2.05) is 0 Å². The molecule has 0 fully saturated rings. The van der Waals surface area contributed by atoms with Crippen LogP contribution in [0.5, 0.6) is 5.75 Å². The van der Waals surface area contributed by atoms with Gasteiger partial charge in [-0.3, -0.25) is 14.6 Å². The molecule has 92 valence electrons. The van der Waals surface area contributed by atoms with Crippen LogP contribution in [-0.2, 0) is 7.05 Å². The zero-order chi connectivity index (χ0) is 13.1. The Bertz CT molecular complexity index is 636. The van der Waals surface area contributed by atoms with Gasteiger partial charge in [0.25, 0.3) is 11.5 Å². The fourth-order valence-electron chi connectivity index (χ4n) is 1.38. The molecule has 0 unspecified atom stereocenters. The fraction of sp³-hybridized carbons (Fsp3) is 0.0909. The van der Waals surface area contributed by atoms with Crippen LogP contribution in [0.1, 0.15) is 10.4 Å². The minimum Gasteiger partial charge on any atom is -0.507 e. The zero-order valence-corrected chi connectivity index (χ0v) is 9.49. The molecule has 2 rings (SSSR count). The molecule has 0 radical (unpaired) electrons. The minimum atomic E-state index is -0.728. The summed E-state index contributed by atoms with van der Waals surface area (Å²) < 4.78 is 1.20. The monoisotopic (exact) mass is 246 g/mol. The molecular weight excluding hydrogens is 236 g/mol. The Hall–Kier alpha value is -2.70. The van der Waals surface area contributed by atoms with Crippen molar-refractivity contribution in [2.45, 2.75) is 0 Å². The molecule has 2 aromatic heterocycles. The van der Waals surface area contributed by atoms with Crippen LogP contribution in [0.3, 0.4) is 0 Å². The summed E-state index contributed by atoms with van der Waals surface area (Å²) in [5.41, 5.74) is -0.915. The van der Waals surface area contributed by atoms with Crippen LogP contribution in [0.25, 0.3) is 0 Å². The second-order valence-corrected chi connectivity index (χ2v) is 3.54. The van der Waals surface area contributed by atoms with E-state index >= 15 is 0 Å². The Kier molecular flexibility index (Phi) is 3.05. The van der Waals surface area contributed by atoms with Crippen molar-refractivity contribution >= 4 is 11.7 Å². The number of pyridine rings is 1. The Morgan fingerprint density at radius 2 is 2.22 bits per heavy atom. The second kappa shape index (κ2) is 4.66. The molecule has 18 heavy (non-hydrogen) atoms. The summed E-state index contributed by atoms with van der Waals surface area (Å²) in [6.07, 6.45) is 5.56. The molecule has 0 aliphatic carbocycles. The van der Waals surface area contributed by atoms with Crippen molar-refractivity contribution in [1.29, 1.82) is 0 Å². The fourth-order valence-corrected chi connectivity index (χ4v) is 1.38. The number of nitrogens with zero attached hydrogens (tertiary/aromatic N) is 3. The largest absolute Gasteiger partial charge is 0.507 e. The average Bonchev–Trinajstić information content (AvgIpc) is 2.36. The van der Waals surface area contributed by atoms with E-state index in [0.29, 0.717) is 0 Å². The van der Waals surface area contributed by atoms with Crippen LogP contribution in [0.2, 0.25) is 0 Å². The van der Waals surface area contributed by atoms with Gasteiger partial charge in [0, 0.05) is 25.6 Å². The number of amides is 1. The van der Waals surface area contributed by atoms with E-state index < -0.39 is 11.5 Å². The first-order valence-electron chi connectivity index (χ1n) is 5.05. The van der Waals surface area contributed by atoms with Crippen LogP contribution in [0, 0.1) is 0 Å². The van der Waals surface area contributed by atoms with Gasteiger partial charge in [-0.15, -0.1) is 0 Å². The molecule has 0 bridgehead atoms. The van der Waals surface area contributed by atoms with Crippen LogP contribution in [-0.4, -0.2) is 25.5 Å². The highest BCUT2D eigenvalue weighted by atomic mass is 16.3. The number of rotatable bonds is 2. The summed E-state index contributed by atoms with van der Waals surface area (Å²) in [6, 6.07) is 1.27. The van der Waals surface area contributed by atoms with Crippen molar-refractivity contribution in [2.24, 2.45) is 7.05 Å². The van der Waals surface area contributed by atoms with Gasteiger partial charge in [-0.1, -0.05) is 0 Å². The van der Waals surface area contributed by atoms with Gasteiger partial charge in [-0.2, -0.15) is 0 Å². The Balaban J connectivity index is 2.36. The van der Waals surface area contributed by atoms with Gasteiger partial charge in [0.15, 0.2) is 5.82 Å². The van der Waals surface area contributed by atoms with Crippen molar-refractivity contribution in [3.8, 4) is 5.75 Å². The van der Waals surface area contributed by atoms with Crippen LogP contribution in [0.4, 0.5) is 5.82 Å². The first-order valence-corrected chi connectivity index (χ1v) is 5.05. The first kappa shape index (κ1) is 11.8. The molecule has 0 aliphatic rings. The molecule has 0 saturated carbocycles. The molecule has 0 aromatic carbocycles. The summed E-state index contributed by atoms with van der Waals surface area (Å²) in [5, 5.41) is 11.9. The lowest BCUT2D eigenvalue weighted by Gasteiger charge is -2.06. The van der Waals surface area contributed by atoms with Crippen molar-refractivity contribution < 1.29 is 9.90 Å². The van der Waals surface area contributed by atoms with Gasteiger partial charge in [-0.25, -0.2) is 4.98 Å². The molecule has 7 heteroatoms. The third-order valence-corrected chi connectivity index (χ3v) is 2.28. The maximum absolute atomic E-state index is 11.9. The van der Waals surface area contributed by atoms with E-state index in [-0.39, 0.29) is 17.1 Å². The molecule has 0 aliphatic heterocycles.